The molecular formula is C13H19ClN2. The number of rotatable bonds is 2. The summed E-state index contributed by atoms with van der Waals surface area (Å²) in [6.07, 6.45) is 1.08. The van der Waals surface area contributed by atoms with E-state index in [0.717, 1.165) is 24.5 Å². The standard InChI is InChI=1S/C13H19ClN2/c1-10-8-15-13(9-16(10)2)7-11-3-5-12(14)6-4-11/h3-6,10,13,15H,7-9H2,1-2H3/t10-,13-/m0/s1. The Morgan fingerprint density at radius 3 is 2.69 bits per heavy atom. The fraction of sp³-hybridized carbons (Fsp3) is 0.538. The number of hydrogen-bond donors (Lipinski definition) is 1. The molecule has 0 aromatic heterocycles. The van der Waals surface area contributed by atoms with E-state index in [-0.39, 0.29) is 0 Å². The number of piperazine rings is 1. The maximum absolute atomic E-state index is 5.87. The Morgan fingerprint density at radius 2 is 2.06 bits per heavy atom. The van der Waals surface area contributed by atoms with Crippen LogP contribution < -0.4 is 5.32 Å². The van der Waals surface area contributed by atoms with Gasteiger partial charge in [0.05, 0.1) is 0 Å². The Kier molecular flexibility index (Phi) is 3.85. The van der Waals surface area contributed by atoms with Gasteiger partial charge in [-0.15, -0.1) is 0 Å². The van der Waals surface area contributed by atoms with Crippen molar-refractivity contribution in [2.45, 2.75) is 25.4 Å². The fourth-order valence-electron chi connectivity index (χ4n) is 2.13. The van der Waals surface area contributed by atoms with Crippen molar-refractivity contribution in [3.8, 4) is 0 Å². The quantitative estimate of drug-likeness (QED) is 0.850. The molecule has 1 aromatic carbocycles. The molecule has 2 nitrogen and oxygen atoms in total. The number of likely N-dealkylation sites (N-methyl/N-ethyl adjacent to an activating group) is 1. The van der Waals surface area contributed by atoms with Gasteiger partial charge in [0.25, 0.3) is 0 Å². The molecule has 0 saturated carbocycles. The molecule has 1 fully saturated rings. The molecule has 1 aliphatic rings. The van der Waals surface area contributed by atoms with Crippen LogP contribution in [0, 0.1) is 0 Å². The zero-order valence-electron chi connectivity index (χ0n) is 9.91. The van der Waals surface area contributed by atoms with Crippen LogP contribution in [0.5, 0.6) is 0 Å². The molecule has 0 unspecified atom stereocenters. The topological polar surface area (TPSA) is 15.3 Å². The first kappa shape index (κ1) is 11.9. The molecule has 0 aliphatic carbocycles. The Balaban J connectivity index is 1.93. The van der Waals surface area contributed by atoms with Gasteiger partial charge in [0.15, 0.2) is 0 Å². The third-order valence-electron chi connectivity index (χ3n) is 3.36. The number of benzene rings is 1. The predicted molar refractivity (Wildman–Crippen MR) is 69.0 cm³/mol. The second-order valence-electron chi connectivity index (χ2n) is 4.72. The van der Waals surface area contributed by atoms with Crippen LogP contribution in [-0.4, -0.2) is 37.1 Å². The molecule has 2 rings (SSSR count). The van der Waals surface area contributed by atoms with Gasteiger partial charge in [-0.2, -0.15) is 0 Å². The highest BCUT2D eigenvalue weighted by Gasteiger charge is 2.21. The zero-order valence-corrected chi connectivity index (χ0v) is 10.7. The summed E-state index contributed by atoms with van der Waals surface area (Å²) in [5.74, 6) is 0. The maximum Gasteiger partial charge on any atom is 0.0406 e. The summed E-state index contributed by atoms with van der Waals surface area (Å²) in [5, 5.41) is 4.40. The lowest BCUT2D eigenvalue weighted by molar-refractivity contribution is 0.175. The highest BCUT2D eigenvalue weighted by Crippen LogP contribution is 2.13. The summed E-state index contributed by atoms with van der Waals surface area (Å²) >= 11 is 5.87. The van der Waals surface area contributed by atoms with E-state index in [1.807, 2.05) is 12.1 Å². The van der Waals surface area contributed by atoms with Crippen molar-refractivity contribution in [2.24, 2.45) is 0 Å². The van der Waals surface area contributed by atoms with Crippen LogP contribution in [0.15, 0.2) is 24.3 Å². The molecule has 0 spiro atoms. The maximum atomic E-state index is 5.87. The molecule has 0 amide bonds. The fourth-order valence-corrected chi connectivity index (χ4v) is 2.25. The van der Waals surface area contributed by atoms with Crippen molar-refractivity contribution in [2.75, 3.05) is 20.1 Å². The monoisotopic (exact) mass is 238 g/mol. The molecule has 1 N–H and O–H groups in total. The van der Waals surface area contributed by atoms with Crippen LogP contribution >= 0.6 is 11.6 Å². The van der Waals surface area contributed by atoms with Crippen molar-refractivity contribution < 1.29 is 0 Å². The molecule has 3 heteroatoms. The molecule has 16 heavy (non-hydrogen) atoms. The SMILES string of the molecule is C[C@H]1CN[C@@H](Cc2ccc(Cl)cc2)CN1C. The van der Waals surface area contributed by atoms with E-state index in [9.17, 15) is 0 Å². The van der Waals surface area contributed by atoms with Crippen molar-refractivity contribution in [1.82, 2.24) is 10.2 Å². The Morgan fingerprint density at radius 1 is 1.38 bits per heavy atom. The summed E-state index contributed by atoms with van der Waals surface area (Å²) in [6, 6.07) is 9.35. The van der Waals surface area contributed by atoms with E-state index in [1.54, 1.807) is 0 Å². The van der Waals surface area contributed by atoms with Gasteiger partial charge in [-0.25, -0.2) is 0 Å². The first-order valence-electron chi connectivity index (χ1n) is 5.83. The Labute approximate surface area is 103 Å². The van der Waals surface area contributed by atoms with Crippen LogP contribution in [0.2, 0.25) is 5.02 Å². The van der Waals surface area contributed by atoms with Crippen molar-refractivity contribution >= 4 is 11.6 Å². The molecule has 1 aliphatic heterocycles. The summed E-state index contributed by atoms with van der Waals surface area (Å²) < 4.78 is 0. The minimum atomic E-state index is 0.558. The second kappa shape index (κ2) is 5.17. The number of hydrogen-bond acceptors (Lipinski definition) is 2. The number of nitrogens with zero attached hydrogens (tertiary/aromatic N) is 1. The Bertz CT molecular complexity index is 336. The summed E-state index contributed by atoms with van der Waals surface area (Å²) in [5.41, 5.74) is 1.35. The van der Waals surface area contributed by atoms with E-state index in [2.05, 4.69) is 36.3 Å². The molecule has 0 radical (unpaired) electrons. The van der Waals surface area contributed by atoms with Gasteiger partial charge >= 0.3 is 0 Å². The summed E-state index contributed by atoms with van der Waals surface area (Å²) in [4.78, 5) is 2.41. The summed E-state index contributed by atoms with van der Waals surface area (Å²) in [6.45, 7) is 4.45. The highest BCUT2D eigenvalue weighted by molar-refractivity contribution is 6.30. The lowest BCUT2D eigenvalue weighted by Gasteiger charge is -2.36. The van der Waals surface area contributed by atoms with Crippen molar-refractivity contribution in [3.05, 3.63) is 34.9 Å². The van der Waals surface area contributed by atoms with Crippen molar-refractivity contribution in [3.63, 3.8) is 0 Å². The van der Waals surface area contributed by atoms with Gasteiger partial charge in [0.2, 0.25) is 0 Å². The lowest BCUT2D eigenvalue weighted by atomic mass is 10.0. The third-order valence-corrected chi connectivity index (χ3v) is 3.61. The van der Waals surface area contributed by atoms with Crippen LogP contribution in [0.3, 0.4) is 0 Å². The minimum absolute atomic E-state index is 0.558. The van der Waals surface area contributed by atoms with Crippen LogP contribution in [0.25, 0.3) is 0 Å². The minimum Gasteiger partial charge on any atom is -0.311 e. The highest BCUT2D eigenvalue weighted by atomic mass is 35.5. The molecule has 1 aromatic rings. The average molecular weight is 239 g/mol. The van der Waals surface area contributed by atoms with Crippen LogP contribution in [-0.2, 0) is 6.42 Å². The van der Waals surface area contributed by atoms with E-state index in [4.69, 9.17) is 11.6 Å². The lowest BCUT2D eigenvalue weighted by Crippen LogP contribution is -2.54. The first-order chi connectivity index (χ1) is 7.65. The third kappa shape index (κ3) is 2.97. The summed E-state index contributed by atoms with van der Waals surface area (Å²) in [7, 11) is 2.19. The van der Waals surface area contributed by atoms with Crippen LogP contribution in [0.1, 0.15) is 12.5 Å². The number of nitrogens with one attached hydrogen (secondary N) is 1. The van der Waals surface area contributed by atoms with Crippen LogP contribution in [0.4, 0.5) is 0 Å². The second-order valence-corrected chi connectivity index (χ2v) is 5.16. The molecule has 2 atom stereocenters. The molecule has 0 bridgehead atoms. The average Bonchev–Trinajstić information content (AvgIpc) is 2.27. The molecular weight excluding hydrogens is 220 g/mol. The molecule has 88 valence electrons. The van der Waals surface area contributed by atoms with Gasteiger partial charge in [-0.3, -0.25) is 0 Å². The van der Waals surface area contributed by atoms with Gasteiger partial charge < -0.3 is 10.2 Å². The normalized spacial score (nSPS) is 26.9. The number of halogens is 1. The van der Waals surface area contributed by atoms with E-state index < -0.39 is 0 Å². The van der Waals surface area contributed by atoms with E-state index in [1.165, 1.54) is 5.56 Å². The Hall–Kier alpha value is -0.570. The van der Waals surface area contributed by atoms with E-state index >= 15 is 0 Å². The van der Waals surface area contributed by atoms with Gasteiger partial charge in [0.1, 0.15) is 0 Å². The van der Waals surface area contributed by atoms with Gasteiger partial charge in [0, 0.05) is 30.2 Å². The van der Waals surface area contributed by atoms with Crippen molar-refractivity contribution in [1.29, 1.82) is 0 Å². The molecule has 1 heterocycles. The smallest absolute Gasteiger partial charge is 0.0406 e. The zero-order chi connectivity index (χ0) is 11.5. The molecule has 1 saturated heterocycles. The predicted octanol–water partition coefficient (Wildman–Crippen LogP) is 2.17. The largest absolute Gasteiger partial charge is 0.311 e. The first-order valence-corrected chi connectivity index (χ1v) is 6.21. The van der Waals surface area contributed by atoms with E-state index in [0.29, 0.717) is 12.1 Å². The van der Waals surface area contributed by atoms with Gasteiger partial charge in [-0.05, 0) is 38.1 Å². The van der Waals surface area contributed by atoms with Gasteiger partial charge in [-0.1, -0.05) is 23.7 Å².